The Morgan fingerprint density at radius 2 is 0.750 bits per heavy atom. The maximum absolute atomic E-state index is 13.7. The smallest absolute Gasteiger partial charge is 0.381 e. The monoisotopic (exact) mass is 588 g/mol. The van der Waals surface area contributed by atoms with Crippen LogP contribution in [0.2, 0.25) is 0 Å². The van der Waals surface area contributed by atoms with E-state index in [0.29, 0.717) is 12.8 Å². The molecule has 0 aliphatic rings. The Balaban J connectivity index is 7.40. The van der Waals surface area contributed by atoms with E-state index in [9.17, 15) is 92.2 Å². The number of alkyl halides is 21. The first kappa shape index (κ1) is 34.0. The first-order valence-electron chi connectivity index (χ1n) is 7.84. The fourth-order valence-electron chi connectivity index (χ4n) is 2.03. The molecule has 0 aromatic rings. The van der Waals surface area contributed by atoms with Crippen LogP contribution in [0.1, 0.15) is 6.92 Å². The van der Waals surface area contributed by atoms with Crippen molar-refractivity contribution in [1.29, 1.82) is 0 Å². The first-order valence-corrected chi connectivity index (χ1v) is 7.84. The van der Waals surface area contributed by atoms with Crippen molar-refractivity contribution in [1.82, 2.24) is 0 Å². The van der Waals surface area contributed by atoms with E-state index < -0.39 is 65.6 Å². The molecule has 0 heterocycles. The van der Waals surface area contributed by atoms with Crippen LogP contribution in [0.5, 0.6) is 0 Å². The Kier molecular flexibility index (Phi) is 8.08. The van der Waals surface area contributed by atoms with E-state index in [0.717, 1.165) is 0 Å². The van der Waals surface area contributed by atoms with Crippen LogP contribution in [0.25, 0.3) is 0 Å². The first-order chi connectivity index (χ1) is 15.2. The summed E-state index contributed by atoms with van der Waals surface area (Å²) in [5.41, 5.74) is -9.28. The molecule has 2 unspecified atom stereocenters. The van der Waals surface area contributed by atoms with Gasteiger partial charge in [-0.15, -0.1) is 0 Å². The molecule has 36 heavy (non-hydrogen) atoms. The number of aliphatic hydroxyl groups excluding tert-OH is 1. The van der Waals surface area contributed by atoms with Gasteiger partial charge in [0.1, 0.15) is 6.10 Å². The zero-order valence-corrected chi connectivity index (χ0v) is 16.0. The Morgan fingerprint density at radius 3 is 1.03 bits per heavy atom. The Morgan fingerprint density at radius 1 is 0.444 bits per heavy atom. The molecule has 22 heteroatoms. The minimum absolute atomic E-state index is 0.307. The molecule has 0 aliphatic heterocycles. The SMILES string of the molecule is CC(O)C#CC(F)(F)C(F)(F)C(F)(F)C(F)(F)C(F)(F)C(F)(F)C(F)(C(F)(F)F)C(F)(F)C(F)(F)F. The van der Waals surface area contributed by atoms with Gasteiger partial charge in [0, 0.05) is 0 Å². The van der Waals surface area contributed by atoms with E-state index in [4.69, 9.17) is 5.11 Å². The molecule has 0 rings (SSSR count). The molecular formula is C14H5F21O. The summed E-state index contributed by atoms with van der Waals surface area (Å²) in [5, 5.41) is 8.47. The molecule has 0 spiro atoms. The van der Waals surface area contributed by atoms with Gasteiger partial charge < -0.3 is 5.11 Å². The van der Waals surface area contributed by atoms with Crippen LogP contribution in [0, 0.1) is 11.8 Å². The molecule has 0 bridgehead atoms. The van der Waals surface area contributed by atoms with Crippen molar-refractivity contribution in [3.63, 3.8) is 0 Å². The number of rotatable bonds is 7. The quantitative estimate of drug-likeness (QED) is 0.261. The van der Waals surface area contributed by atoms with E-state index in [2.05, 4.69) is 0 Å². The number of aliphatic hydroxyl groups is 1. The second-order valence-electron chi connectivity index (χ2n) is 6.62. The van der Waals surface area contributed by atoms with Gasteiger partial charge in [0.05, 0.1) is 0 Å². The summed E-state index contributed by atoms with van der Waals surface area (Å²) in [7, 11) is 0. The van der Waals surface area contributed by atoms with Crippen LogP contribution in [0.15, 0.2) is 0 Å². The van der Waals surface area contributed by atoms with Crippen molar-refractivity contribution in [3.05, 3.63) is 0 Å². The van der Waals surface area contributed by atoms with Crippen LogP contribution in [0.3, 0.4) is 0 Å². The molecule has 0 amide bonds. The highest BCUT2D eigenvalue weighted by molar-refractivity contribution is 5.25. The lowest BCUT2D eigenvalue weighted by atomic mass is 9.80. The molecule has 0 aromatic heterocycles. The summed E-state index contributed by atoms with van der Waals surface area (Å²) in [6.45, 7) is 0.307. The van der Waals surface area contributed by atoms with Gasteiger partial charge in [-0.05, 0) is 12.8 Å². The molecule has 0 aliphatic carbocycles. The van der Waals surface area contributed by atoms with E-state index in [1.807, 2.05) is 0 Å². The van der Waals surface area contributed by atoms with Crippen molar-refractivity contribution in [2.75, 3.05) is 0 Å². The highest BCUT2D eigenvalue weighted by atomic mass is 19.4. The van der Waals surface area contributed by atoms with Crippen LogP contribution >= 0.6 is 0 Å². The van der Waals surface area contributed by atoms with E-state index >= 15 is 0 Å². The zero-order chi connectivity index (χ0) is 30.0. The largest absolute Gasteiger partial charge is 0.457 e. The normalized spacial score (nSPS) is 18.3. The highest BCUT2D eigenvalue weighted by Crippen LogP contribution is 2.67. The van der Waals surface area contributed by atoms with Crippen molar-refractivity contribution in [2.24, 2.45) is 0 Å². The number of halogens is 21. The van der Waals surface area contributed by atoms with Crippen LogP contribution in [-0.2, 0) is 0 Å². The number of hydrogen-bond donors (Lipinski definition) is 1. The van der Waals surface area contributed by atoms with Gasteiger partial charge >= 0.3 is 59.5 Å². The Hall–Kier alpha value is -1.95. The molecular weight excluding hydrogens is 583 g/mol. The Labute approximate surface area is 183 Å². The van der Waals surface area contributed by atoms with Crippen LogP contribution in [0.4, 0.5) is 92.2 Å². The van der Waals surface area contributed by atoms with Gasteiger partial charge in [-0.1, -0.05) is 5.92 Å². The van der Waals surface area contributed by atoms with Gasteiger partial charge in [0.25, 0.3) is 0 Å². The van der Waals surface area contributed by atoms with Crippen molar-refractivity contribution in [3.8, 4) is 11.8 Å². The summed E-state index contributed by atoms with van der Waals surface area (Å²) in [4.78, 5) is 0. The fraction of sp³-hybridized carbons (Fsp3) is 0.857. The average Bonchev–Trinajstić information content (AvgIpc) is 2.62. The minimum atomic E-state index is -9.43. The van der Waals surface area contributed by atoms with Gasteiger partial charge in [0.15, 0.2) is 0 Å². The van der Waals surface area contributed by atoms with Crippen molar-refractivity contribution in [2.45, 2.75) is 72.5 Å². The van der Waals surface area contributed by atoms with E-state index in [1.54, 1.807) is 0 Å². The predicted octanol–water partition coefficient (Wildman–Crippen LogP) is 6.65. The standard InChI is InChI=1S/C14H5F21O/c1-4(36)2-3-5(15,16)7(18,19)10(24,25)12(28,29)11(26,27)8(20,21)6(17,13(30,31)32)9(22,23)14(33,34)35/h4,36H,1H3. The molecule has 1 N–H and O–H groups in total. The molecule has 0 saturated carbocycles. The molecule has 0 fully saturated rings. The fourth-order valence-corrected chi connectivity index (χ4v) is 2.03. The topological polar surface area (TPSA) is 20.2 Å². The molecule has 2 atom stereocenters. The highest BCUT2D eigenvalue weighted by Gasteiger charge is 3.00. The molecule has 0 saturated heterocycles. The van der Waals surface area contributed by atoms with Crippen molar-refractivity contribution >= 4 is 0 Å². The lowest BCUT2D eigenvalue weighted by Crippen LogP contribution is -2.79. The second-order valence-corrected chi connectivity index (χ2v) is 6.62. The van der Waals surface area contributed by atoms with E-state index in [1.165, 1.54) is 0 Å². The lowest BCUT2D eigenvalue weighted by Gasteiger charge is -2.46. The van der Waals surface area contributed by atoms with Gasteiger partial charge in [0.2, 0.25) is 0 Å². The third-order valence-electron chi connectivity index (χ3n) is 4.02. The van der Waals surface area contributed by atoms with Gasteiger partial charge in [-0.2, -0.15) is 87.8 Å². The summed E-state index contributed by atoms with van der Waals surface area (Å²) >= 11 is 0. The molecule has 0 aromatic carbocycles. The van der Waals surface area contributed by atoms with Crippen LogP contribution < -0.4 is 0 Å². The summed E-state index contributed by atoms with van der Waals surface area (Å²) < 4.78 is 276. The van der Waals surface area contributed by atoms with Crippen LogP contribution in [-0.4, -0.2) is 70.7 Å². The third kappa shape index (κ3) is 4.27. The molecule has 1 nitrogen and oxygen atoms in total. The summed E-state index contributed by atoms with van der Waals surface area (Å²) in [6, 6.07) is 0. The summed E-state index contributed by atoms with van der Waals surface area (Å²) in [5.74, 6) is -60.7. The van der Waals surface area contributed by atoms with E-state index in [-0.39, 0.29) is 5.92 Å². The van der Waals surface area contributed by atoms with Crippen molar-refractivity contribution < 1.29 is 97.3 Å². The third-order valence-corrected chi connectivity index (χ3v) is 4.02. The van der Waals surface area contributed by atoms with Gasteiger partial charge in [-0.25, -0.2) is 4.39 Å². The van der Waals surface area contributed by atoms with Gasteiger partial charge in [-0.3, -0.25) is 0 Å². The minimum Gasteiger partial charge on any atom is -0.381 e. The maximum atomic E-state index is 13.7. The average molecular weight is 588 g/mol. The summed E-state index contributed by atoms with van der Waals surface area (Å²) in [6.07, 6.45) is -19.5. The Bertz CT molecular complexity index is 866. The molecule has 0 radical (unpaired) electrons. The maximum Gasteiger partial charge on any atom is 0.457 e. The predicted molar refractivity (Wildman–Crippen MR) is 70.0 cm³/mol. The second kappa shape index (κ2) is 8.54. The lowest BCUT2D eigenvalue weighted by molar-refractivity contribution is -0.478. The molecule has 214 valence electrons. The number of hydrogen-bond acceptors (Lipinski definition) is 1. The zero-order valence-electron chi connectivity index (χ0n) is 16.0.